The van der Waals surface area contributed by atoms with Crippen LogP contribution in [-0.4, -0.2) is 42.7 Å². The van der Waals surface area contributed by atoms with E-state index in [9.17, 15) is 18.7 Å². The number of halogens is 3. The van der Waals surface area contributed by atoms with Gasteiger partial charge in [-0.2, -0.15) is 4.98 Å². The normalized spacial score (nSPS) is 26.2. The molecule has 1 amide bonds. The largest absolute Gasteiger partial charge is 0.393 e. The van der Waals surface area contributed by atoms with E-state index in [1.54, 1.807) is 6.20 Å². The van der Waals surface area contributed by atoms with Gasteiger partial charge in [-0.25, -0.2) is 18.7 Å². The van der Waals surface area contributed by atoms with Gasteiger partial charge in [0.1, 0.15) is 11.3 Å². The first-order chi connectivity index (χ1) is 17.7. The first-order valence-electron chi connectivity index (χ1n) is 12.6. The number of nitrogens with two attached hydrogens (primary N) is 1. The topological polar surface area (TPSA) is 131 Å². The van der Waals surface area contributed by atoms with Crippen LogP contribution in [-0.2, 0) is 4.79 Å². The summed E-state index contributed by atoms with van der Waals surface area (Å²) in [7, 11) is 0. The van der Waals surface area contributed by atoms with Gasteiger partial charge in [-0.1, -0.05) is 18.5 Å². The monoisotopic (exact) mass is 533 g/mol. The molecule has 1 aromatic carbocycles. The maximum atomic E-state index is 14.6. The molecule has 2 heterocycles. The molecule has 0 bridgehead atoms. The summed E-state index contributed by atoms with van der Waals surface area (Å²) in [4.78, 5) is 25.5. The minimum Gasteiger partial charge on any atom is -0.393 e. The van der Waals surface area contributed by atoms with Crippen LogP contribution in [0.3, 0.4) is 0 Å². The fraction of sp³-hybridized carbons (Fsp3) is 0.520. The number of anilines is 3. The van der Waals surface area contributed by atoms with Gasteiger partial charge in [0, 0.05) is 24.1 Å². The third-order valence-electron chi connectivity index (χ3n) is 7.63. The third kappa shape index (κ3) is 5.33. The Morgan fingerprint density at radius 2 is 1.92 bits per heavy atom. The van der Waals surface area contributed by atoms with E-state index in [4.69, 9.17) is 22.3 Å². The highest BCUT2D eigenvalue weighted by Gasteiger charge is 2.30. The lowest BCUT2D eigenvalue weighted by atomic mass is 9.85. The Labute approximate surface area is 217 Å². The van der Waals surface area contributed by atoms with Crippen molar-refractivity contribution in [3.63, 3.8) is 0 Å². The number of carbonyl (C=O) groups excluding carboxylic acids is 1. The molecule has 2 aliphatic carbocycles. The summed E-state index contributed by atoms with van der Waals surface area (Å²) in [5.74, 6) is -1.19. The smallest absolute Gasteiger partial charge is 0.224 e. The lowest BCUT2D eigenvalue weighted by Gasteiger charge is -2.31. The summed E-state index contributed by atoms with van der Waals surface area (Å²) < 4.78 is 30.1. The van der Waals surface area contributed by atoms with Crippen molar-refractivity contribution in [1.82, 2.24) is 19.5 Å². The summed E-state index contributed by atoms with van der Waals surface area (Å²) in [6, 6.07) is 1.72. The van der Waals surface area contributed by atoms with Crippen molar-refractivity contribution in [3.8, 4) is 0 Å². The molecule has 0 aliphatic heterocycles. The van der Waals surface area contributed by atoms with Crippen LogP contribution in [0.25, 0.3) is 11.2 Å². The lowest BCUT2D eigenvalue weighted by molar-refractivity contribution is -0.122. The number of aromatic nitrogens is 4. The number of rotatable bonds is 6. The predicted molar refractivity (Wildman–Crippen MR) is 137 cm³/mol. The van der Waals surface area contributed by atoms with Crippen molar-refractivity contribution in [2.45, 2.75) is 70.1 Å². The zero-order valence-corrected chi connectivity index (χ0v) is 21.2. The van der Waals surface area contributed by atoms with Crippen molar-refractivity contribution >= 4 is 46.3 Å². The number of benzene rings is 1. The van der Waals surface area contributed by atoms with Gasteiger partial charge in [0.2, 0.25) is 17.8 Å². The van der Waals surface area contributed by atoms with Gasteiger partial charge in [0.25, 0.3) is 0 Å². The molecule has 2 aromatic heterocycles. The van der Waals surface area contributed by atoms with Gasteiger partial charge >= 0.3 is 0 Å². The molecule has 0 saturated heterocycles. The molecule has 2 fully saturated rings. The number of nitrogens with one attached hydrogen (secondary N) is 2. The van der Waals surface area contributed by atoms with Crippen LogP contribution in [0.15, 0.2) is 18.3 Å². The third-order valence-corrected chi connectivity index (χ3v) is 7.93. The fourth-order valence-corrected chi connectivity index (χ4v) is 5.64. The zero-order valence-electron chi connectivity index (χ0n) is 20.4. The zero-order chi connectivity index (χ0) is 26.3. The quantitative estimate of drug-likeness (QED) is 0.362. The minimum atomic E-state index is -0.848. The van der Waals surface area contributed by atoms with Crippen molar-refractivity contribution in [1.29, 1.82) is 0 Å². The van der Waals surface area contributed by atoms with E-state index in [0.29, 0.717) is 55.2 Å². The highest BCUT2D eigenvalue weighted by Crippen LogP contribution is 2.38. The Morgan fingerprint density at radius 1 is 1.16 bits per heavy atom. The molecule has 9 nitrogen and oxygen atoms in total. The van der Waals surface area contributed by atoms with E-state index in [1.165, 1.54) is 0 Å². The van der Waals surface area contributed by atoms with E-state index in [2.05, 4.69) is 20.6 Å². The van der Waals surface area contributed by atoms with E-state index in [0.717, 1.165) is 25.0 Å². The molecule has 3 atom stereocenters. The molecule has 2 aliphatic rings. The van der Waals surface area contributed by atoms with Crippen LogP contribution in [0.1, 0.15) is 57.9 Å². The van der Waals surface area contributed by atoms with Crippen molar-refractivity contribution in [3.05, 3.63) is 35.0 Å². The molecule has 5 N–H and O–H groups in total. The van der Waals surface area contributed by atoms with Crippen LogP contribution < -0.4 is 16.4 Å². The summed E-state index contributed by atoms with van der Waals surface area (Å²) in [5.41, 5.74) is 6.45. The van der Waals surface area contributed by atoms with Gasteiger partial charge in [0.05, 0.1) is 23.0 Å². The Balaban J connectivity index is 1.50. The molecule has 0 radical (unpaired) electrons. The average Bonchev–Trinajstić information content (AvgIpc) is 3.21. The highest BCUT2D eigenvalue weighted by molar-refractivity contribution is 6.33. The molecule has 1 unspecified atom stereocenters. The summed E-state index contributed by atoms with van der Waals surface area (Å²) in [5, 5.41) is 16.4. The summed E-state index contributed by atoms with van der Waals surface area (Å²) >= 11 is 6.14. The fourth-order valence-electron chi connectivity index (χ4n) is 5.40. The molecule has 198 valence electrons. The molecule has 37 heavy (non-hydrogen) atoms. The maximum absolute atomic E-state index is 14.6. The first kappa shape index (κ1) is 25.6. The molecule has 0 spiro atoms. The molecule has 2 saturated carbocycles. The Bertz CT molecular complexity index is 1290. The highest BCUT2D eigenvalue weighted by atomic mass is 35.5. The Morgan fingerprint density at radius 3 is 2.59 bits per heavy atom. The van der Waals surface area contributed by atoms with Gasteiger partial charge in [0.15, 0.2) is 11.5 Å². The average molecular weight is 534 g/mol. The maximum Gasteiger partial charge on any atom is 0.224 e. The van der Waals surface area contributed by atoms with Gasteiger partial charge in [-0.3, -0.25) is 9.36 Å². The minimum absolute atomic E-state index is 0.0377. The van der Waals surface area contributed by atoms with Crippen LogP contribution >= 0.6 is 11.6 Å². The molecule has 3 aromatic rings. The number of imidazole rings is 1. The van der Waals surface area contributed by atoms with Crippen molar-refractivity contribution in [2.24, 2.45) is 17.6 Å². The van der Waals surface area contributed by atoms with Crippen molar-refractivity contribution < 1.29 is 18.7 Å². The second-order valence-corrected chi connectivity index (χ2v) is 10.6. The summed E-state index contributed by atoms with van der Waals surface area (Å²) in [6.45, 7) is 2.04. The van der Waals surface area contributed by atoms with Gasteiger partial charge < -0.3 is 21.5 Å². The lowest BCUT2D eigenvalue weighted by Crippen LogP contribution is -2.35. The van der Waals surface area contributed by atoms with Crippen molar-refractivity contribution in [2.75, 3.05) is 10.6 Å². The van der Waals surface area contributed by atoms with Crippen LogP contribution in [0.5, 0.6) is 0 Å². The van der Waals surface area contributed by atoms with Crippen LogP contribution in [0.4, 0.5) is 26.4 Å². The number of aliphatic hydroxyl groups excluding tert-OH is 1. The molecule has 5 rings (SSSR count). The SMILES string of the molecule is C[C@@H]1CCC(Nc2ncc3nc(Nc4c(F)cc(F)cc4Cl)n(C4CCC(C(N)=O)CC4)c3n2)C[C@H]1O. The van der Waals surface area contributed by atoms with E-state index in [1.807, 2.05) is 11.5 Å². The Kier molecular flexibility index (Phi) is 7.17. The second kappa shape index (κ2) is 10.4. The predicted octanol–water partition coefficient (Wildman–Crippen LogP) is 4.68. The Hall–Kier alpha value is -3.05. The first-order valence-corrected chi connectivity index (χ1v) is 13.0. The van der Waals surface area contributed by atoms with Gasteiger partial charge in [-0.15, -0.1) is 0 Å². The van der Waals surface area contributed by atoms with Gasteiger partial charge in [-0.05, 0) is 56.9 Å². The number of primary amides is 1. The summed E-state index contributed by atoms with van der Waals surface area (Å²) in [6.07, 6.45) is 6.12. The second-order valence-electron chi connectivity index (χ2n) is 10.2. The molecular formula is C25H30ClF2N7O2. The molecule has 12 heteroatoms. The number of hydrogen-bond acceptors (Lipinski definition) is 7. The van der Waals surface area contributed by atoms with Crippen LogP contribution in [0, 0.1) is 23.5 Å². The standard InChI is InChI=1S/C25H30ClF2N7O2/c1-12-2-5-15(10-20(12)36)31-24-30-11-19-23(34-24)35(16-6-3-13(4-7-16)22(29)37)25(32-19)33-21-17(26)8-14(27)9-18(21)28/h8-9,11-13,15-16,20,36H,2-7,10H2,1H3,(H2,29,37)(H,32,33)(H,30,31,34)/t12-,13?,15?,16?,20-/m1/s1. The van der Waals surface area contributed by atoms with E-state index >= 15 is 0 Å². The number of amides is 1. The number of fused-ring (bicyclic) bond motifs is 1. The number of nitrogens with zero attached hydrogens (tertiary/aromatic N) is 4. The number of hydrogen-bond donors (Lipinski definition) is 4. The molecular weight excluding hydrogens is 504 g/mol. The van der Waals surface area contributed by atoms with E-state index in [-0.39, 0.29) is 46.6 Å². The number of aliphatic hydroxyl groups is 1. The number of carbonyl (C=O) groups is 1. The van der Waals surface area contributed by atoms with E-state index < -0.39 is 11.6 Å². The van der Waals surface area contributed by atoms with Crippen LogP contribution in [0.2, 0.25) is 5.02 Å².